The van der Waals surface area contributed by atoms with Crippen molar-refractivity contribution in [1.29, 1.82) is 0 Å². The topological polar surface area (TPSA) is 66.5 Å². The Labute approximate surface area is 125 Å². The summed E-state index contributed by atoms with van der Waals surface area (Å²) in [6.07, 6.45) is 0.434. The summed E-state index contributed by atoms with van der Waals surface area (Å²) < 4.78 is 25.1. The minimum Gasteiger partial charge on any atom is -0.355 e. The second kappa shape index (κ2) is 7.61. The van der Waals surface area contributed by atoms with Gasteiger partial charge in [0, 0.05) is 32.1 Å². The van der Waals surface area contributed by atoms with Crippen molar-refractivity contribution < 1.29 is 13.2 Å². The maximum Gasteiger partial charge on any atom is 0.251 e. The van der Waals surface area contributed by atoms with Crippen molar-refractivity contribution in [3.63, 3.8) is 0 Å². The third kappa shape index (κ3) is 4.77. The van der Waals surface area contributed by atoms with Gasteiger partial charge in [0.2, 0.25) is 10.0 Å². The molecule has 0 spiro atoms. The summed E-state index contributed by atoms with van der Waals surface area (Å²) in [5.74, 6) is 0.205. The Hall–Kier alpha value is -1.11. The van der Waals surface area contributed by atoms with Crippen LogP contribution in [0.5, 0.6) is 0 Å². The van der Waals surface area contributed by atoms with Crippen LogP contribution in [0.4, 0.5) is 0 Å². The Bertz CT molecular complexity index is 543. The summed E-state index contributed by atoms with van der Waals surface area (Å²) in [6.45, 7) is 0.276. The second-order valence-corrected chi connectivity index (χ2v) is 6.96. The van der Waals surface area contributed by atoms with Gasteiger partial charge < -0.3 is 5.32 Å². The first-order valence-corrected chi connectivity index (χ1v) is 8.36. The zero-order chi connectivity index (χ0) is 15.2. The van der Waals surface area contributed by atoms with E-state index in [0.29, 0.717) is 17.9 Å². The summed E-state index contributed by atoms with van der Waals surface area (Å²) in [4.78, 5) is 11.4. The van der Waals surface area contributed by atoms with E-state index in [9.17, 15) is 13.2 Å². The van der Waals surface area contributed by atoms with Crippen LogP contribution in [0.25, 0.3) is 0 Å². The molecule has 0 fully saturated rings. The highest BCUT2D eigenvalue weighted by atomic mass is 35.5. The highest BCUT2D eigenvalue weighted by molar-refractivity contribution is 7.89. The van der Waals surface area contributed by atoms with Crippen LogP contribution in [-0.2, 0) is 16.6 Å². The monoisotopic (exact) mass is 318 g/mol. The average Bonchev–Trinajstić information content (AvgIpc) is 2.45. The van der Waals surface area contributed by atoms with Crippen LogP contribution < -0.4 is 5.32 Å². The largest absolute Gasteiger partial charge is 0.355 e. The Morgan fingerprint density at radius 2 is 1.90 bits per heavy atom. The Morgan fingerprint density at radius 3 is 2.40 bits per heavy atom. The zero-order valence-electron chi connectivity index (χ0n) is 11.6. The lowest BCUT2D eigenvalue weighted by atomic mass is 10.1. The molecule has 0 saturated carbocycles. The number of halogens is 1. The summed E-state index contributed by atoms with van der Waals surface area (Å²) in [6, 6.07) is 6.84. The summed E-state index contributed by atoms with van der Waals surface area (Å²) in [5, 5.41) is 2.53. The molecule has 1 aromatic rings. The van der Waals surface area contributed by atoms with E-state index in [1.807, 2.05) is 0 Å². The molecule has 0 aliphatic carbocycles. The molecular formula is C13H19ClN2O3S. The smallest absolute Gasteiger partial charge is 0.251 e. The molecule has 0 bridgehead atoms. The first-order chi connectivity index (χ1) is 9.40. The number of sulfonamides is 1. The Balaban J connectivity index is 2.71. The van der Waals surface area contributed by atoms with Gasteiger partial charge in [-0.25, -0.2) is 12.7 Å². The van der Waals surface area contributed by atoms with Crippen LogP contribution >= 0.6 is 11.6 Å². The van der Waals surface area contributed by atoms with Crippen molar-refractivity contribution >= 4 is 27.5 Å². The highest BCUT2D eigenvalue weighted by Crippen LogP contribution is 2.10. The molecule has 0 atom stereocenters. The number of nitrogens with zero attached hydrogens (tertiary/aromatic N) is 1. The average molecular weight is 319 g/mol. The minimum atomic E-state index is -3.28. The number of nitrogens with one attached hydrogen (secondary N) is 1. The molecule has 112 valence electrons. The summed E-state index contributed by atoms with van der Waals surface area (Å²) in [7, 11) is -0.181. The molecule has 1 N–H and O–H groups in total. The molecule has 0 radical (unpaired) electrons. The van der Waals surface area contributed by atoms with E-state index in [0.717, 1.165) is 5.56 Å². The molecule has 5 nitrogen and oxygen atoms in total. The summed E-state index contributed by atoms with van der Waals surface area (Å²) in [5.41, 5.74) is 1.37. The van der Waals surface area contributed by atoms with Crippen molar-refractivity contribution in [2.75, 3.05) is 25.7 Å². The predicted octanol–water partition coefficient (Wildman–Crippen LogP) is 1.44. The van der Waals surface area contributed by atoms with E-state index in [2.05, 4.69) is 5.32 Å². The number of rotatable bonds is 7. The fourth-order valence-corrected chi connectivity index (χ4v) is 3.11. The van der Waals surface area contributed by atoms with Gasteiger partial charge in [-0.05, 0) is 24.1 Å². The van der Waals surface area contributed by atoms with Crippen LogP contribution in [0.3, 0.4) is 0 Å². The third-order valence-corrected chi connectivity index (χ3v) is 5.01. The van der Waals surface area contributed by atoms with E-state index >= 15 is 0 Å². The molecule has 7 heteroatoms. The van der Waals surface area contributed by atoms with E-state index in [1.54, 1.807) is 31.3 Å². The van der Waals surface area contributed by atoms with Gasteiger partial charge in [0.15, 0.2) is 0 Å². The number of benzene rings is 1. The third-order valence-electron chi connectivity index (χ3n) is 2.86. The molecule has 1 amide bonds. The first-order valence-electron chi connectivity index (χ1n) is 6.21. The van der Waals surface area contributed by atoms with Crippen molar-refractivity contribution in [3.8, 4) is 0 Å². The number of hydrogen-bond acceptors (Lipinski definition) is 3. The van der Waals surface area contributed by atoms with Crippen molar-refractivity contribution in [2.24, 2.45) is 0 Å². The molecule has 0 aliphatic rings. The maximum absolute atomic E-state index is 11.9. The van der Waals surface area contributed by atoms with Crippen LogP contribution in [0, 0.1) is 0 Å². The molecule has 0 aliphatic heterocycles. The maximum atomic E-state index is 11.9. The molecule has 1 aromatic carbocycles. The van der Waals surface area contributed by atoms with Gasteiger partial charge in [0.05, 0.1) is 5.75 Å². The van der Waals surface area contributed by atoms with Gasteiger partial charge in [-0.1, -0.05) is 12.1 Å². The highest BCUT2D eigenvalue weighted by Gasteiger charge is 2.17. The van der Waals surface area contributed by atoms with Crippen LogP contribution in [0.1, 0.15) is 22.3 Å². The van der Waals surface area contributed by atoms with E-state index in [4.69, 9.17) is 11.6 Å². The van der Waals surface area contributed by atoms with Gasteiger partial charge in [-0.3, -0.25) is 4.79 Å². The van der Waals surface area contributed by atoms with Crippen LogP contribution in [-0.4, -0.2) is 44.4 Å². The van der Waals surface area contributed by atoms with Gasteiger partial charge in [0.1, 0.15) is 0 Å². The number of hydrogen-bond donors (Lipinski definition) is 1. The van der Waals surface area contributed by atoms with Crippen LogP contribution in [0.15, 0.2) is 24.3 Å². The lowest BCUT2D eigenvalue weighted by molar-refractivity contribution is 0.0963. The lowest BCUT2D eigenvalue weighted by Crippen LogP contribution is -2.29. The summed E-state index contributed by atoms with van der Waals surface area (Å²) >= 11 is 5.51. The second-order valence-electron chi connectivity index (χ2n) is 4.39. The number of carbonyl (C=O) groups excluding carboxylic acids is 1. The zero-order valence-corrected chi connectivity index (χ0v) is 13.2. The number of alkyl halides is 1. The fourth-order valence-electron chi connectivity index (χ4n) is 1.65. The van der Waals surface area contributed by atoms with Gasteiger partial charge in [-0.15, -0.1) is 11.6 Å². The van der Waals surface area contributed by atoms with Crippen molar-refractivity contribution in [1.82, 2.24) is 9.62 Å². The van der Waals surface area contributed by atoms with Crippen molar-refractivity contribution in [3.05, 3.63) is 35.4 Å². The standard InChI is InChI=1S/C13H19ClN2O3S/c1-15-13(17)12-6-4-11(5-7-12)10-16(2)20(18,19)9-3-8-14/h4-7H,3,8-10H2,1-2H3,(H,15,17). The van der Waals surface area contributed by atoms with Crippen LogP contribution in [0.2, 0.25) is 0 Å². The Morgan fingerprint density at radius 1 is 1.30 bits per heavy atom. The molecule has 1 rings (SSSR count). The predicted molar refractivity (Wildman–Crippen MR) is 80.4 cm³/mol. The number of amides is 1. The SMILES string of the molecule is CNC(=O)c1ccc(CN(C)S(=O)(=O)CCCCl)cc1. The van der Waals surface area contributed by atoms with Gasteiger partial charge >= 0.3 is 0 Å². The molecular weight excluding hydrogens is 300 g/mol. The molecule has 0 unspecified atom stereocenters. The van der Waals surface area contributed by atoms with E-state index < -0.39 is 10.0 Å². The molecule has 0 aromatic heterocycles. The van der Waals surface area contributed by atoms with Gasteiger partial charge in [-0.2, -0.15) is 0 Å². The van der Waals surface area contributed by atoms with E-state index in [-0.39, 0.29) is 18.2 Å². The molecule has 20 heavy (non-hydrogen) atoms. The quantitative estimate of drug-likeness (QED) is 0.774. The lowest BCUT2D eigenvalue weighted by Gasteiger charge is -2.17. The first kappa shape index (κ1) is 16.9. The van der Waals surface area contributed by atoms with Gasteiger partial charge in [0.25, 0.3) is 5.91 Å². The van der Waals surface area contributed by atoms with E-state index in [1.165, 1.54) is 11.4 Å². The minimum absolute atomic E-state index is 0.0450. The molecule has 0 heterocycles. The fraction of sp³-hybridized carbons (Fsp3) is 0.462. The normalized spacial score (nSPS) is 11.6. The number of carbonyl (C=O) groups is 1. The molecule has 0 saturated heterocycles. The van der Waals surface area contributed by atoms with Crippen molar-refractivity contribution in [2.45, 2.75) is 13.0 Å². The Kier molecular flexibility index (Phi) is 6.45.